The van der Waals surface area contributed by atoms with E-state index in [2.05, 4.69) is 20.2 Å². The molecule has 4 nitrogen and oxygen atoms in total. The fourth-order valence-electron chi connectivity index (χ4n) is 2.15. The van der Waals surface area contributed by atoms with Crippen molar-refractivity contribution in [3.63, 3.8) is 0 Å². The lowest BCUT2D eigenvalue weighted by atomic mass is 10.2. The monoisotopic (exact) mass is 312 g/mol. The maximum Gasteiger partial charge on any atom is 0.161 e. The fourth-order valence-corrected chi connectivity index (χ4v) is 2.15. The number of nitrogens with zero attached hydrogens (tertiary/aromatic N) is 3. The summed E-state index contributed by atoms with van der Waals surface area (Å²) >= 11 is 0. The van der Waals surface area contributed by atoms with Crippen molar-refractivity contribution >= 4 is 30.6 Å². The van der Waals surface area contributed by atoms with E-state index < -0.39 is 0 Å². The van der Waals surface area contributed by atoms with Crippen molar-refractivity contribution in [1.82, 2.24) is 15.3 Å². The molecule has 0 unspecified atom stereocenters. The third-order valence-corrected chi connectivity index (χ3v) is 3.11. The van der Waals surface area contributed by atoms with Gasteiger partial charge in [0.05, 0.1) is 0 Å². The number of hydrogen-bond donors (Lipinski definition) is 1. The summed E-state index contributed by atoms with van der Waals surface area (Å²) in [6, 6.07) is 12.1. The molecule has 0 spiro atoms. The summed E-state index contributed by atoms with van der Waals surface area (Å²) < 4.78 is 0. The van der Waals surface area contributed by atoms with Crippen LogP contribution in [0.4, 0.5) is 5.82 Å². The van der Waals surface area contributed by atoms with Crippen LogP contribution < -0.4 is 10.2 Å². The Labute approximate surface area is 131 Å². The van der Waals surface area contributed by atoms with E-state index in [0.717, 1.165) is 43.4 Å². The standard InChI is InChI=1S/C14H16N4.2ClH/c1-2-4-12(5-3-1)14-16-7-6-13(17-14)18-10-8-15-9-11-18;;/h1-7,15H,8-11H2;2*1H. The van der Waals surface area contributed by atoms with Crippen molar-refractivity contribution in [2.75, 3.05) is 31.1 Å². The van der Waals surface area contributed by atoms with Gasteiger partial charge in [-0.15, -0.1) is 24.8 Å². The van der Waals surface area contributed by atoms with Crippen LogP contribution >= 0.6 is 24.8 Å². The van der Waals surface area contributed by atoms with Crippen LogP contribution in [0, 0.1) is 0 Å². The predicted octanol–water partition coefficient (Wildman–Crippen LogP) is 2.40. The van der Waals surface area contributed by atoms with Crippen LogP contribution in [0.1, 0.15) is 0 Å². The third-order valence-electron chi connectivity index (χ3n) is 3.11. The molecule has 1 fully saturated rings. The summed E-state index contributed by atoms with van der Waals surface area (Å²) in [5.41, 5.74) is 1.06. The summed E-state index contributed by atoms with van der Waals surface area (Å²) in [5.74, 6) is 1.82. The number of nitrogens with one attached hydrogen (secondary N) is 1. The number of halogens is 2. The zero-order valence-electron chi connectivity index (χ0n) is 11.0. The topological polar surface area (TPSA) is 41.1 Å². The molecule has 20 heavy (non-hydrogen) atoms. The first-order chi connectivity index (χ1) is 8.93. The predicted molar refractivity (Wildman–Crippen MR) is 87.0 cm³/mol. The molecule has 0 radical (unpaired) electrons. The Kier molecular flexibility index (Phi) is 6.71. The highest BCUT2D eigenvalue weighted by Gasteiger charge is 2.12. The van der Waals surface area contributed by atoms with Gasteiger partial charge in [-0.1, -0.05) is 30.3 Å². The molecule has 2 aromatic rings. The van der Waals surface area contributed by atoms with Crippen molar-refractivity contribution in [2.24, 2.45) is 0 Å². The molecule has 0 bridgehead atoms. The van der Waals surface area contributed by atoms with Crippen LogP contribution in [0.25, 0.3) is 11.4 Å². The number of aromatic nitrogens is 2. The summed E-state index contributed by atoms with van der Waals surface area (Å²) in [7, 11) is 0. The van der Waals surface area contributed by atoms with E-state index in [0.29, 0.717) is 0 Å². The van der Waals surface area contributed by atoms with E-state index in [4.69, 9.17) is 0 Å². The van der Waals surface area contributed by atoms with Gasteiger partial charge in [0.25, 0.3) is 0 Å². The number of benzene rings is 1. The van der Waals surface area contributed by atoms with Gasteiger partial charge in [0.15, 0.2) is 5.82 Å². The maximum atomic E-state index is 4.65. The number of rotatable bonds is 2. The maximum absolute atomic E-state index is 4.65. The van der Waals surface area contributed by atoms with Crippen LogP contribution in [0.2, 0.25) is 0 Å². The minimum Gasteiger partial charge on any atom is -0.354 e. The second kappa shape index (κ2) is 8.04. The van der Waals surface area contributed by atoms with Crippen LogP contribution in [-0.2, 0) is 0 Å². The lowest BCUT2D eigenvalue weighted by Gasteiger charge is -2.28. The molecule has 1 saturated heterocycles. The van der Waals surface area contributed by atoms with Crippen LogP contribution in [0.5, 0.6) is 0 Å². The normalized spacial score (nSPS) is 14.1. The minimum absolute atomic E-state index is 0. The summed E-state index contributed by atoms with van der Waals surface area (Å²) in [6.45, 7) is 4.05. The molecule has 0 saturated carbocycles. The first-order valence-corrected chi connectivity index (χ1v) is 6.27. The van der Waals surface area contributed by atoms with Gasteiger partial charge in [-0.3, -0.25) is 0 Å². The van der Waals surface area contributed by atoms with Crippen molar-refractivity contribution in [1.29, 1.82) is 0 Å². The molecule has 1 aromatic carbocycles. The van der Waals surface area contributed by atoms with Crippen molar-refractivity contribution in [2.45, 2.75) is 0 Å². The van der Waals surface area contributed by atoms with E-state index in [9.17, 15) is 0 Å². The van der Waals surface area contributed by atoms with Gasteiger partial charge in [0.1, 0.15) is 5.82 Å². The molecule has 2 heterocycles. The molecule has 3 rings (SSSR count). The van der Waals surface area contributed by atoms with Gasteiger partial charge in [0, 0.05) is 37.9 Å². The molecule has 0 aliphatic carbocycles. The highest BCUT2D eigenvalue weighted by Crippen LogP contribution is 2.18. The zero-order chi connectivity index (χ0) is 12.2. The van der Waals surface area contributed by atoms with Gasteiger partial charge in [-0.25, -0.2) is 9.97 Å². The number of hydrogen-bond acceptors (Lipinski definition) is 4. The minimum atomic E-state index is 0. The second-order valence-corrected chi connectivity index (χ2v) is 4.34. The summed E-state index contributed by atoms with van der Waals surface area (Å²) in [5, 5.41) is 3.35. The van der Waals surface area contributed by atoms with Crippen molar-refractivity contribution < 1.29 is 0 Å². The third kappa shape index (κ3) is 3.82. The highest BCUT2D eigenvalue weighted by atomic mass is 35.5. The second-order valence-electron chi connectivity index (χ2n) is 4.34. The molecule has 1 aliphatic heterocycles. The highest BCUT2D eigenvalue weighted by molar-refractivity contribution is 5.85. The lowest BCUT2D eigenvalue weighted by molar-refractivity contribution is 0.585. The Morgan fingerprint density at radius 1 is 0.950 bits per heavy atom. The summed E-state index contributed by atoms with van der Waals surface area (Å²) in [4.78, 5) is 11.3. The van der Waals surface area contributed by atoms with E-state index in [1.165, 1.54) is 0 Å². The Morgan fingerprint density at radius 3 is 2.35 bits per heavy atom. The van der Waals surface area contributed by atoms with Gasteiger partial charge < -0.3 is 10.2 Å². The smallest absolute Gasteiger partial charge is 0.161 e. The van der Waals surface area contributed by atoms with Gasteiger partial charge in [-0.2, -0.15) is 0 Å². The quantitative estimate of drug-likeness (QED) is 0.924. The largest absolute Gasteiger partial charge is 0.354 e. The van der Waals surface area contributed by atoms with Crippen molar-refractivity contribution in [3.8, 4) is 11.4 Å². The van der Waals surface area contributed by atoms with Crippen molar-refractivity contribution in [3.05, 3.63) is 42.6 Å². The van der Waals surface area contributed by atoms with Gasteiger partial charge in [0.2, 0.25) is 0 Å². The fraction of sp³-hybridized carbons (Fsp3) is 0.286. The molecule has 0 amide bonds. The first kappa shape index (κ1) is 16.7. The van der Waals surface area contributed by atoms with E-state index in [1.54, 1.807) is 0 Å². The first-order valence-electron chi connectivity index (χ1n) is 6.27. The Hall–Kier alpha value is -1.36. The molecule has 6 heteroatoms. The Morgan fingerprint density at radius 2 is 1.65 bits per heavy atom. The average Bonchev–Trinajstić information content (AvgIpc) is 2.49. The SMILES string of the molecule is Cl.Cl.c1ccc(-c2nccc(N3CCNCC3)n2)cc1. The van der Waals surface area contributed by atoms with Gasteiger partial charge in [-0.05, 0) is 6.07 Å². The molecular weight excluding hydrogens is 295 g/mol. The van der Waals surface area contributed by atoms with Crippen LogP contribution in [0.3, 0.4) is 0 Å². The van der Waals surface area contributed by atoms with E-state index in [1.807, 2.05) is 42.6 Å². The molecular formula is C14H18Cl2N4. The van der Waals surface area contributed by atoms with Crippen LogP contribution in [0.15, 0.2) is 42.6 Å². The Balaban J connectivity index is 0.000001000. The number of piperazine rings is 1. The molecule has 1 aromatic heterocycles. The van der Waals surface area contributed by atoms with E-state index >= 15 is 0 Å². The lowest BCUT2D eigenvalue weighted by Crippen LogP contribution is -2.43. The zero-order valence-corrected chi connectivity index (χ0v) is 12.7. The molecule has 1 N–H and O–H groups in total. The molecule has 0 atom stereocenters. The number of anilines is 1. The Bertz CT molecular complexity index is 516. The van der Waals surface area contributed by atoms with Gasteiger partial charge >= 0.3 is 0 Å². The van der Waals surface area contributed by atoms with Crippen LogP contribution in [-0.4, -0.2) is 36.1 Å². The molecule has 108 valence electrons. The average molecular weight is 313 g/mol. The molecule has 1 aliphatic rings. The summed E-state index contributed by atoms with van der Waals surface area (Å²) in [6.07, 6.45) is 1.84. The van der Waals surface area contributed by atoms with E-state index in [-0.39, 0.29) is 24.8 Å².